The van der Waals surface area contributed by atoms with Crippen LogP contribution < -0.4 is 21.7 Å². The lowest BCUT2D eigenvalue weighted by atomic mass is 10.1. The molecule has 0 radical (unpaired) electrons. The van der Waals surface area contributed by atoms with Crippen molar-refractivity contribution < 1.29 is 4.74 Å². The molecule has 2 rings (SSSR count). The number of ether oxygens (including phenoxy) is 1. The molecule has 2 aromatic carbocycles. The molecular formula is C17H15N5O. The van der Waals surface area contributed by atoms with Crippen molar-refractivity contribution in [1.82, 2.24) is 5.43 Å². The zero-order valence-electron chi connectivity index (χ0n) is 12.3. The van der Waals surface area contributed by atoms with E-state index in [1.165, 1.54) is 0 Å². The van der Waals surface area contributed by atoms with Crippen molar-refractivity contribution >= 4 is 5.70 Å². The van der Waals surface area contributed by atoms with Gasteiger partial charge in [-0.1, -0.05) is 24.3 Å². The zero-order chi connectivity index (χ0) is 16.7. The van der Waals surface area contributed by atoms with Crippen LogP contribution in [-0.2, 0) is 6.61 Å². The lowest BCUT2D eigenvalue weighted by Crippen LogP contribution is -2.23. The van der Waals surface area contributed by atoms with Gasteiger partial charge < -0.3 is 15.9 Å². The number of nitrogens with one attached hydrogen (secondary N) is 1. The molecule has 114 valence electrons. The summed E-state index contributed by atoms with van der Waals surface area (Å²) in [6.45, 7) is 0.322. The molecule has 0 aliphatic rings. The second kappa shape index (κ2) is 7.51. The van der Waals surface area contributed by atoms with E-state index < -0.39 is 0 Å². The fourth-order valence-corrected chi connectivity index (χ4v) is 1.97. The zero-order valence-corrected chi connectivity index (χ0v) is 12.3. The Morgan fingerprint density at radius 3 is 2.61 bits per heavy atom. The molecule has 0 heterocycles. The molecule has 0 aromatic heterocycles. The smallest absolute Gasteiger partial charge is 0.151 e. The molecular weight excluding hydrogens is 290 g/mol. The van der Waals surface area contributed by atoms with Crippen LogP contribution in [0.5, 0.6) is 5.75 Å². The monoisotopic (exact) mass is 305 g/mol. The predicted octanol–water partition coefficient (Wildman–Crippen LogP) is 1.75. The minimum Gasteiger partial charge on any atom is -0.489 e. The molecule has 0 saturated carbocycles. The van der Waals surface area contributed by atoms with Crippen molar-refractivity contribution in [2.24, 2.45) is 11.6 Å². The van der Waals surface area contributed by atoms with Gasteiger partial charge in [-0.3, -0.25) is 0 Å². The predicted molar refractivity (Wildman–Crippen MR) is 86.0 cm³/mol. The van der Waals surface area contributed by atoms with E-state index in [4.69, 9.17) is 26.8 Å². The number of nitriles is 2. The van der Waals surface area contributed by atoms with Gasteiger partial charge in [0.05, 0.1) is 17.3 Å². The van der Waals surface area contributed by atoms with Crippen LogP contribution in [0.2, 0.25) is 0 Å². The van der Waals surface area contributed by atoms with Crippen LogP contribution in [0.25, 0.3) is 5.70 Å². The van der Waals surface area contributed by atoms with E-state index >= 15 is 0 Å². The van der Waals surface area contributed by atoms with Crippen molar-refractivity contribution in [3.63, 3.8) is 0 Å². The van der Waals surface area contributed by atoms with Crippen molar-refractivity contribution in [2.75, 3.05) is 0 Å². The van der Waals surface area contributed by atoms with E-state index in [2.05, 4.69) is 11.5 Å². The summed E-state index contributed by atoms with van der Waals surface area (Å²) in [5.74, 6) is 5.85. The Morgan fingerprint density at radius 1 is 1.13 bits per heavy atom. The number of rotatable bonds is 5. The molecule has 6 nitrogen and oxygen atoms in total. The number of benzene rings is 2. The Balaban J connectivity index is 2.16. The molecule has 0 unspecified atom stereocenters. The summed E-state index contributed by atoms with van der Waals surface area (Å²) in [5.41, 5.74) is 10.6. The number of allylic oxidation sites excluding steroid dienone is 1. The number of hydrogen-bond acceptors (Lipinski definition) is 6. The average Bonchev–Trinajstić information content (AvgIpc) is 2.61. The van der Waals surface area contributed by atoms with Crippen LogP contribution in [-0.4, -0.2) is 0 Å². The largest absolute Gasteiger partial charge is 0.489 e. The summed E-state index contributed by atoms with van der Waals surface area (Å²) in [6.07, 6.45) is 0. The lowest BCUT2D eigenvalue weighted by molar-refractivity contribution is 0.306. The number of hydrazine groups is 1. The van der Waals surface area contributed by atoms with E-state index in [1.807, 2.05) is 12.1 Å². The SMILES string of the molecule is N#C/C(NN)=C(/N)c1cccc(OCc2cccc(C#N)c2)c1. The number of nitrogens with zero attached hydrogens (tertiary/aromatic N) is 2. The van der Waals surface area contributed by atoms with Gasteiger partial charge in [0.25, 0.3) is 0 Å². The molecule has 6 heteroatoms. The van der Waals surface area contributed by atoms with Crippen molar-refractivity contribution in [2.45, 2.75) is 6.61 Å². The fraction of sp³-hybridized carbons (Fsp3) is 0.0588. The third-order valence-electron chi connectivity index (χ3n) is 3.13. The Bertz CT molecular complexity index is 814. The molecule has 0 amide bonds. The Kier molecular flexibility index (Phi) is 5.19. The van der Waals surface area contributed by atoms with Crippen LogP contribution in [0, 0.1) is 22.7 Å². The second-order valence-corrected chi connectivity index (χ2v) is 4.67. The molecule has 0 spiro atoms. The van der Waals surface area contributed by atoms with Gasteiger partial charge in [-0.25, -0.2) is 5.84 Å². The van der Waals surface area contributed by atoms with Crippen LogP contribution >= 0.6 is 0 Å². The van der Waals surface area contributed by atoms with E-state index in [-0.39, 0.29) is 11.4 Å². The third kappa shape index (κ3) is 4.01. The van der Waals surface area contributed by atoms with Gasteiger partial charge in [0, 0.05) is 5.56 Å². The van der Waals surface area contributed by atoms with Crippen LogP contribution in [0.3, 0.4) is 0 Å². The molecule has 23 heavy (non-hydrogen) atoms. The molecule has 0 aliphatic heterocycles. The first-order chi connectivity index (χ1) is 11.2. The van der Waals surface area contributed by atoms with Crippen molar-refractivity contribution in [1.29, 1.82) is 10.5 Å². The molecule has 0 aliphatic carbocycles. The highest BCUT2D eigenvalue weighted by molar-refractivity contribution is 5.69. The lowest BCUT2D eigenvalue weighted by Gasteiger charge is -2.10. The Morgan fingerprint density at radius 2 is 1.91 bits per heavy atom. The van der Waals surface area contributed by atoms with Crippen molar-refractivity contribution in [3.8, 4) is 17.9 Å². The maximum absolute atomic E-state index is 8.94. The summed E-state index contributed by atoms with van der Waals surface area (Å²) >= 11 is 0. The average molecular weight is 305 g/mol. The van der Waals surface area contributed by atoms with Crippen LogP contribution in [0.15, 0.2) is 54.2 Å². The van der Waals surface area contributed by atoms with E-state index in [0.29, 0.717) is 23.5 Å². The van der Waals surface area contributed by atoms with Gasteiger partial charge in [0.15, 0.2) is 5.70 Å². The molecule has 0 bridgehead atoms. The quantitative estimate of drug-likeness (QED) is 0.439. The molecule has 0 fully saturated rings. The summed E-state index contributed by atoms with van der Waals surface area (Å²) < 4.78 is 5.71. The van der Waals surface area contributed by atoms with Gasteiger partial charge in [0.2, 0.25) is 0 Å². The first kappa shape index (κ1) is 15.9. The van der Waals surface area contributed by atoms with E-state index in [1.54, 1.807) is 42.5 Å². The van der Waals surface area contributed by atoms with Crippen LogP contribution in [0.4, 0.5) is 0 Å². The maximum Gasteiger partial charge on any atom is 0.151 e. The summed E-state index contributed by atoms with van der Waals surface area (Å²) in [5, 5.41) is 17.8. The fourth-order valence-electron chi connectivity index (χ4n) is 1.97. The Hall–Kier alpha value is -3.48. The van der Waals surface area contributed by atoms with Gasteiger partial charge in [-0.2, -0.15) is 10.5 Å². The number of hydrogen-bond donors (Lipinski definition) is 3. The maximum atomic E-state index is 8.94. The molecule has 2 aromatic rings. The second-order valence-electron chi connectivity index (χ2n) is 4.67. The number of nitrogens with two attached hydrogens (primary N) is 2. The van der Waals surface area contributed by atoms with Gasteiger partial charge >= 0.3 is 0 Å². The topological polar surface area (TPSA) is 121 Å². The first-order valence-corrected chi connectivity index (χ1v) is 6.76. The van der Waals surface area contributed by atoms with Gasteiger partial charge in [-0.15, -0.1) is 0 Å². The summed E-state index contributed by atoms with van der Waals surface area (Å²) in [4.78, 5) is 0. The highest BCUT2D eigenvalue weighted by Gasteiger charge is 2.06. The normalized spacial score (nSPS) is 10.9. The van der Waals surface area contributed by atoms with E-state index in [0.717, 1.165) is 5.56 Å². The summed E-state index contributed by atoms with van der Waals surface area (Å²) in [7, 11) is 0. The third-order valence-corrected chi connectivity index (χ3v) is 3.13. The highest BCUT2D eigenvalue weighted by Crippen LogP contribution is 2.20. The van der Waals surface area contributed by atoms with Gasteiger partial charge in [0.1, 0.15) is 18.4 Å². The minimum absolute atomic E-state index is 0.0869. The van der Waals surface area contributed by atoms with E-state index in [9.17, 15) is 0 Å². The van der Waals surface area contributed by atoms with Gasteiger partial charge in [-0.05, 0) is 29.8 Å². The summed E-state index contributed by atoms with van der Waals surface area (Å²) in [6, 6.07) is 18.2. The molecule has 0 atom stereocenters. The molecule has 5 N–H and O–H groups in total. The van der Waals surface area contributed by atoms with Crippen molar-refractivity contribution in [3.05, 3.63) is 70.9 Å². The minimum atomic E-state index is 0.0869. The standard InChI is InChI=1S/C17H15N5O/c18-9-12-3-1-4-13(7-12)11-23-15-6-2-5-14(8-15)17(20)16(10-19)22-21/h1-8,22H,11,20-21H2/b17-16-. The van der Waals surface area contributed by atoms with Crippen LogP contribution in [0.1, 0.15) is 16.7 Å². The highest BCUT2D eigenvalue weighted by atomic mass is 16.5. The Labute approximate surface area is 134 Å². The molecule has 0 saturated heterocycles. The first-order valence-electron chi connectivity index (χ1n) is 6.76.